The second-order valence-electron chi connectivity index (χ2n) is 7.87. The van der Waals surface area contributed by atoms with Gasteiger partial charge in [-0.2, -0.15) is 0 Å². The second-order valence-corrected chi connectivity index (χ2v) is 7.87. The van der Waals surface area contributed by atoms with Crippen molar-refractivity contribution in [2.75, 3.05) is 73.1 Å². The summed E-state index contributed by atoms with van der Waals surface area (Å²) in [5.41, 5.74) is 2.47. The summed E-state index contributed by atoms with van der Waals surface area (Å²) in [5.74, 6) is 1.92. The van der Waals surface area contributed by atoms with Gasteiger partial charge in [-0.3, -0.25) is 9.69 Å². The Kier molecular flexibility index (Phi) is 8.05. The molecule has 32 heavy (non-hydrogen) atoms. The lowest BCUT2D eigenvalue weighted by molar-refractivity contribution is -0.135. The van der Waals surface area contributed by atoms with Gasteiger partial charge in [0.2, 0.25) is 5.75 Å². The second kappa shape index (κ2) is 10.9. The van der Waals surface area contributed by atoms with E-state index in [1.807, 2.05) is 19.0 Å². The number of rotatable bonds is 9. The van der Waals surface area contributed by atoms with E-state index in [0.717, 1.165) is 19.6 Å². The zero-order valence-corrected chi connectivity index (χ0v) is 19.6. The van der Waals surface area contributed by atoms with E-state index in [1.165, 1.54) is 11.3 Å². The quantitative estimate of drug-likeness (QED) is 0.590. The van der Waals surface area contributed by atoms with Gasteiger partial charge < -0.3 is 28.7 Å². The van der Waals surface area contributed by atoms with E-state index in [0.29, 0.717) is 36.1 Å². The van der Waals surface area contributed by atoms with Crippen molar-refractivity contribution in [1.82, 2.24) is 9.80 Å². The smallest absolute Gasteiger partial charge is 0.260 e. The monoisotopic (exact) mass is 443 g/mol. The maximum absolute atomic E-state index is 12.7. The van der Waals surface area contributed by atoms with Crippen molar-refractivity contribution in [3.8, 4) is 23.0 Å². The van der Waals surface area contributed by atoms with Gasteiger partial charge in [0.15, 0.2) is 18.1 Å². The van der Waals surface area contributed by atoms with E-state index in [1.54, 1.807) is 33.5 Å². The van der Waals surface area contributed by atoms with Gasteiger partial charge in [-0.15, -0.1) is 0 Å². The molecule has 1 aliphatic rings. The molecule has 0 aromatic heterocycles. The molecular formula is C24H33N3O5. The minimum absolute atomic E-state index is 0.0336. The topological polar surface area (TPSA) is 63.7 Å². The molecule has 0 radical (unpaired) electrons. The van der Waals surface area contributed by atoms with Crippen LogP contribution in [0.2, 0.25) is 0 Å². The Bertz CT molecular complexity index is 868. The fourth-order valence-corrected chi connectivity index (χ4v) is 3.69. The van der Waals surface area contributed by atoms with Crippen molar-refractivity contribution in [1.29, 1.82) is 0 Å². The van der Waals surface area contributed by atoms with E-state index >= 15 is 0 Å². The molecule has 8 nitrogen and oxygen atoms in total. The fourth-order valence-electron chi connectivity index (χ4n) is 3.69. The van der Waals surface area contributed by atoms with Gasteiger partial charge in [0.05, 0.1) is 21.3 Å². The molecule has 174 valence electrons. The fraction of sp³-hybridized carbons (Fsp3) is 0.458. The molecule has 1 saturated heterocycles. The number of methoxy groups -OCH3 is 3. The van der Waals surface area contributed by atoms with Crippen LogP contribution in [-0.4, -0.2) is 83.9 Å². The molecule has 0 spiro atoms. The number of carbonyl (C=O) groups is 1. The van der Waals surface area contributed by atoms with Gasteiger partial charge in [0, 0.05) is 64.6 Å². The van der Waals surface area contributed by atoms with E-state index in [4.69, 9.17) is 18.9 Å². The number of ether oxygens (including phenoxy) is 4. The summed E-state index contributed by atoms with van der Waals surface area (Å²) in [4.78, 5) is 19.0. The van der Waals surface area contributed by atoms with Crippen LogP contribution in [0.25, 0.3) is 0 Å². The number of amides is 1. The van der Waals surface area contributed by atoms with Crippen molar-refractivity contribution in [3.63, 3.8) is 0 Å². The Balaban J connectivity index is 1.49. The predicted molar refractivity (Wildman–Crippen MR) is 124 cm³/mol. The summed E-state index contributed by atoms with van der Waals surface area (Å²) < 4.78 is 21.7. The maximum atomic E-state index is 12.7. The Morgan fingerprint density at radius 3 is 2.00 bits per heavy atom. The lowest BCUT2D eigenvalue weighted by atomic mass is 10.1. The first-order valence-corrected chi connectivity index (χ1v) is 10.6. The Morgan fingerprint density at radius 1 is 0.906 bits per heavy atom. The highest BCUT2D eigenvalue weighted by Gasteiger charge is 2.22. The first-order chi connectivity index (χ1) is 15.4. The average Bonchev–Trinajstić information content (AvgIpc) is 2.82. The highest BCUT2D eigenvalue weighted by atomic mass is 16.5. The minimum Gasteiger partial charge on any atom is -0.493 e. The number of hydrogen-bond acceptors (Lipinski definition) is 7. The summed E-state index contributed by atoms with van der Waals surface area (Å²) in [7, 11) is 8.71. The van der Waals surface area contributed by atoms with E-state index in [2.05, 4.69) is 34.1 Å². The summed E-state index contributed by atoms with van der Waals surface area (Å²) in [6.07, 6.45) is 0. The number of nitrogens with zero attached hydrogens (tertiary/aromatic N) is 3. The van der Waals surface area contributed by atoms with Gasteiger partial charge in [0.25, 0.3) is 5.91 Å². The number of piperazine rings is 1. The molecule has 8 heteroatoms. The Labute approximate surface area is 190 Å². The molecule has 3 rings (SSSR count). The number of anilines is 1. The van der Waals surface area contributed by atoms with Crippen LogP contribution in [0.5, 0.6) is 23.0 Å². The molecule has 0 saturated carbocycles. The molecule has 1 fully saturated rings. The third kappa shape index (κ3) is 5.76. The number of hydrogen-bond donors (Lipinski definition) is 0. The van der Waals surface area contributed by atoms with Crippen LogP contribution in [0.4, 0.5) is 5.69 Å². The van der Waals surface area contributed by atoms with Crippen LogP contribution in [0.1, 0.15) is 5.56 Å². The molecule has 0 unspecified atom stereocenters. The minimum atomic E-state index is -0.0371. The molecule has 2 aromatic rings. The Morgan fingerprint density at radius 2 is 1.50 bits per heavy atom. The molecule has 0 aliphatic carbocycles. The molecule has 0 N–H and O–H groups in total. The normalized spacial score (nSPS) is 14.1. The van der Waals surface area contributed by atoms with Crippen LogP contribution >= 0.6 is 0 Å². The Hall–Kier alpha value is -3.13. The summed E-state index contributed by atoms with van der Waals surface area (Å²) in [5, 5.41) is 0. The number of carbonyl (C=O) groups excluding carboxylic acids is 1. The molecular weight excluding hydrogens is 410 g/mol. The van der Waals surface area contributed by atoms with Crippen LogP contribution in [0.15, 0.2) is 36.4 Å². The zero-order chi connectivity index (χ0) is 23.1. The standard InChI is InChI=1S/C24H33N3O5/c1-25(2)19-8-6-18(7-9-19)16-26-10-12-27(13-11-26)23(28)17-32-20-14-21(29-3)24(31-5)22(15-20)30-4/h6-9,14-15H,10-13,16-17H2,1-5H3. The van der Waals surface area contributed by atoms with Crippen molar-refractivity contribution in [2.45, 2.75) is 6.54 Å². The van der Waals surface area contributed by atoms with Crippen molar-refractivity contribution in [2.24, 2.45) is 0 Å². The highest BCUT2D eigenvalue weighted by Crippen LogP contribution is 2.40. The zero-order valence-electron chi connectivity index (χ0n) is 19.6. The molecule has 1 amide bonds. The van der Waals surface area contributed by atoms with Crippen molar-refractivity contribution in [3.05, 3.63) is 42.0 Å². The van der Waals surface area contributed by atoms with Gasteiger partial charge in [-0.1, -0.05) is 12.1 Å². The first-order valence-electron chi connectivity index (χ1n) is 10.6. The van der Waals surface area contributed by atoms with Crippen LogP contribution in [0.3, 0.4) is 0 Å². The number of benzene rings is 2. The average molecular weight is 444 g/mol. The third-order valence-electron chi connectivity index (χ3n) is 5.58. The van der Waals surface area contributed by atoms with E-state index in [-0.39, 0.29) is 12.5 Å². The van der Waals surface area contributed by atoms with Gasteiger partial charge in [0.1, 0.15) is 5.75 Å². The van der Waals surface area contributed by atoms with E-state index < -0.39 is 0 Å². The molecule has 2 aromatic carbocycles. The van der Waals surface area contributed by atoms with Crippen LogP contribution < -0.4 is 23.8 Å². The summed E-state index contributed by atoms with van der Waals surface area (Å²) in [6, 6.07) is 12.0. The lowest BCUT2D eigenvalue weighted by Crippen LogP contribution is -2.49. The van der Waals surface area contributed by atoms with Gasteiger partial charge in [-0.25, -0.2) is 0 Å². The largest absolute Gasteiger partial charge is 0.493 e. The lowest BCUT2D eigenvalue weighted by Gasteiger charge is -2.34. The molecule has 0 bridgehead atoms. The van der Waals surface area contributed by atoms with Crippen molar-refractivity contribution >= 4 is 11.6 Å². The van der Waals surface area contributed by atoms with Crippen LogP contribution in [-0.2, 0) is 11.3 Å². The van der Waals surface area contributed by atoms with Crippen molar-refractivity contribution < 1.29 is 23.7 Å². The van der Waals surface area contributed by atoms with E-state index in [9.17, 15) is 4.79 Å². The summed E-state index contributed by atoms with van der Waals surface area (Å²) in [6.45, 7) is 3.90. The molecule has 0 atom stereocenters. The first kappa shape index (κ1) is 23.5. The third-order valence-corrected chi connectivity index (χ3v) is 5.58. The summed E-state index contributed by atoms with van der Waals surface area (Å²) >= 11 is 0. The predicted octanol–water partition coefficient (Wildman–Crippen LogP) is 2.50. The van der Waals surface area contributed by atoms with Crippen LogP contribution in [0, 0.1) is 0 Å². The highest BCUT2D eigenvalue weighted by molar-refractivity contribution is 5.78. The molecule has 1 aliphatic heterocycles. The van der Waals surface area contributed by atoms with Gasteiger partial charge >= 0.3 is 0 Å². The SMILES string of the molecule is COc1cc(OCC(=O)N2CCN(Cc3ccc(N(C)C)cc3)CC2)cc(OC)c1OC. The van der Waals surface area contributed by atoms with Gasteiger partial charge in [-0.05, 0) is 17.7 Å². The maximum Gasteiger partial charge on any atom is 0.260 e. The molecule has 1 heterocycles.